The van der Waals surface area contributed by atoms with E-state index in [2.05, 4.69) is 10.1 Å². The molecule has 3 aromatic rings. The van der Waals surface area contributed by atoms with Crippen LogP contribution in [0.5, 0.6) is 0 Å². The molecule has 1 aromatic carbocycles. The van der Waals surface area contributed by atoms with Crippen LogP contribution in [0.25, 0.3) is 11.0 Å². The van der Waals surface area contributed by atoms with Crippen LogP contribution in [0.1, 0.15) is 35.8 Å². The van der Waals surface area contributed by atoms with Crippen LogP contribution in [0.2, 0.25) is 0 Å². The summed E-state index contributed by atoms with van der Waals surface area (Å²) in [5.74, 6) is -0.152. The van der Waals surface area contributed by atoms with Crippen LogP contribution >= 0.6 is 0 Å². The highest BCUT2D eigenvalue weighted by Gasteiger charge is 2.43. The minimum absolute atomic E-state index is 0.0400. The minimum Gasteiger partial charge on any atom is -0.336 e. The Kier molecular flexibility index (Phi) is 4.30. The first-order valence-corrected chi connectivity index (χ1v) is 10.1. The van der Waals surface area contributed by atoms with Crippen molar-refractivity contribution in [3.63, 3.8) is 0 Å². The zero-order chi connectivity index (χ0) is 20.0. The van der Waals surface area contributed by atoms with Gasteiger partial charge < -0.3 is 9.80 Å². The van der Waals surface area contributed by atoms with Crippen molar-refractivity contribution in [2.24, 2.45) is 0 Å². The van der Waals surface area contributed by atoms with Crippen molar-refractivity contribution in [2.45, 2.75) is 38.4 Å². The third-order valence-corrected chi connectivity index (χ3v) is 6.04. The highest BCUT2D eigenvalue weighted by molar-refractivity contribution is 6.05. The number of benzene rings is 1. The fourth-order valence-electron chi connectivity index (χ4n) is 4.50. The number of aromatic nitrogens is 3. The number of hydrogen-bond donors (Lipinski definition) is 0. The Hall–Kier alpha value is -3.22. The first-order chi connectivity index (χ1) is 14.1. The second-order valence-electron chi connectivity index (χ2n) is 7.83. The normalized spacial score (nSPS) is 21.6. The molecule has 2 amide bonds. The van der Waals surface area contributed by atoms with E-state index in [9.17, 15) is 9.59 Å². The van der Waals surface area contributed by atoms with E-state index in [0.29, 0.717) is 24.4 Å². The number of carbonyl (C=O) groups excluding carboxylic acids is 2. The van der Waals surface area contributed by atoms with Gasteiger partial charge in [0.25, 0.3) is 5.91 Å². The Morgan fingerprint density at radius 3 is 2.83 bits per heavy atom. The maximum atomic E-state index is 13.5. The highest BCUT2D eigenvalue weighted by atomic mass is 16.2. The third-order valence-electron chi connectivity index (χ3n) is 6.04. The summed E-state index contributed by atoms with van der Waals surface area (Å²) < 4.78 is 1.77. The van der Waals surface area contributed by atoms with Crippen LogP contribution in [0.4, 0.5) is 0 Å². The summed E-state index contributed by atoms with van der Waals surface area (Å²) >= 11 is 0. The molecule has 0 spiro atoms. The Balaban J connectivity index is 1.51. The van der Waals surface area contributed by atoms with Gasteiger partial charge in [-0.05, 0) is 37.5 Å². The summed E-state index contributed by atoms with van der Waals surface area (Å²) in [6.45, 7) is 3.72. The van der Waals surface area contributed by atoms with Gasteiger partial charge in [-0.15, -0.1) is 0 Å². The second kappa shape index (κ2) is 6.99. The molecule has 0 saturated carbocycles. The fraction of sp³-hybridized carbons (Fsp3) is 0.364. The molecular formula is C22H23N5O2. The van der Waals surface area contributed by atoms with Gasteiger partial charge in [-0.2, -0.15) is 5.10 Å². The lowest BCUT2D eigenvalue weighted by Crippen LogP contribution is -2.60. The number of nitrogens with zero attached hydrogens (tertiary/aromatic N) is 5. The van der Waals surface area contributed by atoms with E-state index in [4.69, 9.17) is 0 Å². The molecule has 4 heterocycles. The Bertz CT molecular complexity index is 1080. The number of carbonyl (C=O) groups is 2. The van der Waals surface area contributed by atoms with Gasteiger partial charge in [0.1, 0.15) is 6.04 Å². The van der Waals surface area contributed by atoms with Crippen molar-refractivity contribution in [3.05, 3.63) is 59.9 Å². The molecule has 7 heteroatoms. The van der Waals surface area contributed by atoms with E-state index in [-0.39, 0.29) is 17.9 Å². The lowest BCUT2D eigenvalue weighted by Gasteiger charge is -2.41. The molecule has 2 atom stereocenters. The molecule has 5 rings (SSSR count). The SMILES string of the molecule is C[C@H]1C(=O)N2CCC[C@H]2CN1C(=O)c1nn(Cc2ccccc2)c2ncccc12. The van der Waals surface area contributed by atoms with Gasteiger partial charge in [0, 0.05) is 25.3 Å². The molecule has 2 fully saturated rings. The van der Waals surface area contributed by atoms with Gasteiger partial charge in [0.2, 0.25) is 5.91 Å². The lowest BCUT2D eigenvalue weighted by molar-refractivity contribution is -0.141. The van der Waals surface area contributed by atoms with Gasteiger partial charge >= 0.3 is 0 Å². The van der Waals surface area contributed by atoms with Crippen LogP contribution < -0.4 is 0 Å². The average molecular weight is 389 g/mol. The molecule has 148 valence electrons. The first kappa shape index (κ1) is 17.8. The van der Waals surface area contributed by atoms with E-state index in [1.807, 2.05) is 54.3 Å². The van der Waals surface area contributed by atoms with Crippen LogP contribution in [-0.4, -0.2) is 61.6 Å². The van der Waals surface area contributed by atoms with Crippen molar-refractivity contribution >= 4 is 22.8 Å². The van der Waals surface area contributed by atoms with Crippen LogP contribution in [0.15, 0.2) is 48.7 Å². The molecule has 0 bridgehead atoms. The van der Waals surface area contributed by atoms with Gasteiger partial charge in [-0.1, -0.05) is 30.3 Å². The smallest absolute Gasteiger partial charge is 0.275 e. The molecule has 2 aliphatic rings. The van der Waals surface area contributed by atoms with E-state index in [1.54, 1.807) is 15.8 Å². The summed E-state index contributed by atoms with van der Waals surface area (Å²) in [4.78, 5) is 34.3. The Morgan fingerprint density at radius 1 is 1.17 bits per heavy atom. The minimum atomic E-state index is -0.470. The summed E-state index contributed by atoms with van der Waals surface area (Å²) in [6.07, 6.45) is 3.67. The molecule has 0 radical (unpaired) electrons. The first-order valence-electron chi connectivity index (χ1n) is 10.1. The molecule has 7 nitrogen and oxygen atoms in total. The third kappa shape index (κ3) is 2.97. The number of fused-ring (bicyclic) bond motifs is 2. The second-order valence-corrected chi connectivity index (χ2v) is 7.83. The van der Waals surface area contributed by atoms with E-state index >= 15 is 0 Å². The topological polar surface area (TPSA) is 71.3 Å². The molecule has 0 unspecified atom stereocenters. The Labute approximate surface area is 168 Å². The monoisotopic (exact) mass is 389 g/mol. The van der Waals surface area contributed by atoms with Crippen LogP contribution in [0.3, 0.4) is 0 Å². The van der Waals surface area contributed by atoms with Crippen molar-refractivity contribution in [3.8, 4) is 0 Å². The largest absolute Gasteiger partial charge is 0.336 e. The van der Waals surface area contributed by atoms with Crippen molar-refractivity contribution in [1.82, 2.24) is 24.6 Å². The number of rotatable bonds is 3. The van der Waals surface area contributed by atoms with Crippen LogP contribution in [-0.2, 0) is 11.3 Å². The number of hydrogen-bond acceptors (Lipinski definition) is 4. The van der Waals surface area contributed by atoms with Crippen LogP contribution in [0, 0.1) is 0 Å². The average Bonchev–Trinajstić information content (AvgIpc) is 3.36. The zero-order valence-corrected chi connectivity index (χ0v) is 16.4. The molecular weight excluding hydrogens is 366 g/mol. The number of pyridine rings is 1. The van der Waals surface area contributed by atoms with Gasteiger partial charge in [-0.3, -0.25) is 9.59 Å². The van der Waals surface area contributed by atoms with E-state index in [0.717, 1.165) is 30.3 Å². The molecule has 2 aliphatic heterocycles. The molecule has 2 aromatic heterocycles. The van der Waals surface area contributed by atoms with E-state index in [1.165, 1.54) is 0 Å². The Morgan fingerprint density at radius 2 is 2.00 bits per heavy atom. The van der Waals surface area contributed by atoms with Gasteiger partial charge in [0.05, 0.1) is 11.9 Å². The maximum absolute atomic E-state index is 13.5. The molecule has 0 aliphatic carbocycles. The summed E-state index contributed by atoms with van der Waals surface area (Å²) in [6, 6.07) is 13.3. The predicted octanol–water partition coefficient (Wildman–Crippen LogP) is 2.31. The molecule has 2 saturated heterocycles. The standard InChI is InChI=1S/C22H23N5O2/c1-15-21(28)25-12-6-9-17(25)14-26(15)22(29)19-18-10-5-11-23-20(18)27(24-19)13-16-7-3-2-4-8-16/h2-5,7-8,10-11,15,17H,6,9,12-14H2,1H3/t15-,17-/m0/s1. The molecule has 0 N–H and O–H groups in total. The zero-order valence-electron chi connectivity index (χ0n) is 16.4. The van der Waals surface area contributed by atoms with E-state index < -0.39 is 6.04 Å². The van der Waals surface area contributed by atoms with Crippen molar-refractivity contribution < 1.29 is 9.59 Å². The fourth-order valence-corrected chi connectivity index (χ4v) is 4.50. The van der Waals surface area contributed by atoms with Gasteiger partial charge in [0.15, 0.2) is 11.3 Å². The number of piperazine rings is 1. The molecule has 29 heavy (non-hydrogen) atoms. The highest BCUT2D eigenvalue weighted by Crippen LogP contribution is 2.28. The summed E-state index contributed by atoms with van der Waals surface area (Å²) in [5.41, 5.74) is 2.14. The maximum Gasteiger partial charge on any atom is 0.275 e. The van der Waals surface area contributed by atoms with Gasteiger partial charge in [-0.25, -0.2) is 9.67 Å². The number of amides is 2. The van der Waals surface area contributed by atoms with Crippen molar-refractivity contribution in [2.75, 3.05) is 13.1 Å². The summed E-state index contributed by atoms with van der Waals surface area (Å²) in [5, 5.41) is 5.37. The summed E-state index contributed by atoms with van der Waals surface area (Å²) in [7, 11) is 0. The van der Waals surface area contributed by atoms with Crippen molar-refractivity contribution in [1.29, 1.82) is 0 Å². The quantitative estimate of drug-likeness (QED) is 0.689. The lowest BCUT2D eigenvalue weighted by atomic mass is 10.1. The predicted molar refractivity (Wildman–Crippen MR) is 108 cm³/mol.